The van der Waals surface area contributed by atoms with E-state index >= 15 is 0 Å². The molecule has 0 aliphatic heterocycles. The molecule has 0 heterocycles. The Kier molecular flexibility index (Phi) is 4.38. The van der Waals surface area contributed by atoms with Crippen LogP contribution in [-0.4, -0.2) is 38.0 Å². The Morgan fingerprint density at radius 1 is 1.38 bits per heavy atom. The van der Waals surface area contributed by atoms with E-state index in [0.29, 0.717) is 18.5 Å². The van der Waals surface area contributed by atoms with Gasteiger partial charge in [0.15, 0.2) is 9.84 Å². The van der Waals surface area contributed by atoms with Crippen molar-refractivity contribution in [3.8, 4) is 6.07 Å². The zero-order valence-corrected chi connectivity index (χ0v) is 13.0. The number of nitrogens with zero attached hydrogens (tertiary/aromatic N) is 1. The van der Waals surface area contributed by atoms with Gasteiger partial charge in [0.1, 0.15) is 0 Å². The van der Waals surface area contributed by atoms with Crippen molar-refractivity contribution in [3.05, 3.63) is 29.8 Å². The lowest BCUT2D eigenvalue weighted by atomic mass is 9.64. The van der Waals surface area contributed by atoms with Crippen molar-refractivity contribution in [1.82, 2.24) is 5.32 Å². The summed E-state index contributed by atoms with van der Waals surface area (Å²) in [6.07, 6.45) is 0.328. The molecule has 1 fully saturated rings. The molecule has 0 radical (unpaired) electrons. The van der Waals surface area contributed by atoms with Gasteiger partial charge in [0.05, 0.1) is 28.4 Å². The minimum absolute atomic E-state index is 0.00156. The van der Waals surface area contributed by atoms with E-state index in [1.807, 2.05) is 19.9 Å². The van der Waals surface area contributed by atoms with Crippen LogP contribution in [0.25, 0.3) is 0 Å². The smallest absolute Gasteiger partial charge is 0.179 e. The van der Waals surface area contributed by atoms with Crippen LogP contribution in [0.15, 0.2) is 29.2 Å². The summed E-state index contributed by atoms with van der Waals surface area (Å²) in [5, 5.41) is 21.6. The van der Waals surface area contributed by atoms with E-state index in [0.717, 1.165) is 0 Å². The van der Waals surface area contributed by atoms with Gasteiger partial charge in [-0.3, -0.25) is 0 Å². The molecule has 0 amide bonds. The molecule has 2 atom stereocenters. The zero-order chi connectivity index (χ0) is 15.7. The number of aliphatic hydroxyl groups excluding tert-OH is 1. The monoisotopic (exact) mass is 308 g/mol. The summed E-state index contributed by atoms with van der Waals surface area (Å²) in [6.45, 7) is 4.28. The molecule has 5 nitrogen and oxygen atoms in total. The Hall–Kier alpha value is -1.42. The van der Waals surface area contributed by atoms with Gasteiger partial charge >= 0.3 is 0 Å². The lowest BCUT2D eigenvalue weighted by Gasteiger charge is -2.49. The van der Waals surface area contributed by atoms with E-state index in [1.54, 1.807) is 0 Å². The average Bonchev–Trinajstić information content (AvgIpc) is 2.46. The first kappa shape index (κ1) is 16.0. The maximum atomic E-state index is 12.2. The van der Waals surface area contributed by atoms with E-state index in [9.17, 15) is 13.5 Å². The summed E-state index contributed by atoms with van der Waals surface area (Å²) in [5.41, 5.74) is 0.232. The van der Waals surface area contributed by atoms with Crippen LogP contribution in [0.4, 0.5) is 0 Å². The fourth-order valence-corrected chi connectivity index (χ4v) is 3.64. The van der Waals surface area contributed by atoms with Crippen LogP contribution >= 0.6 is 0 Å². The van der Waals surface area contributed by atoms with Gasteiger partial charge in [0, 0.05) is 18.0 Å². The molecule has 1 aromatic carbocycles. The van der Waals surface area contributed by atoms with Crippen LogP contribution in [0.5, 0.6) is 0 Å². The molecule has 2 N–H and O–H groups in total. The standard InChI is InChI=1S/C15H20N2O3S/c1-15(2)13(9-14(15)18)17-7-8-21(19,20)12-5-3-11(10-16)4-6-12/h3-6,13-14,17-18H,7-9H2,1-2H3. The first-order valence-electron chi connectivity index (χ1n) is 6.92. The van der Waals surface area contributed by atoms with Gasteiger partial charge in [-0.1, -0.05) is 13.8 Å². The van der Waals surface area contributed by atoms with E-state index < -0.39 is 9.84 Å². The Bertz CT molecular complexity index is 644. The summed E-state index contributed by atoms with van der Waals surface area (Å²) in [7, 11) is -3.35. The number of aliphatic hydroxyl groups is 1. The highest BCUT2D eigenvalue weighted by molar-refractivity contribution is 7.91. The van der Waals surface area contributed by atoms with E-state index in [1.165, 1.54) is 24.3 Å². The molecule has 1 saturated carbocycles. The third-order valence-corrected chi connectivity index (χ3v) is 6.05. The van der Waals surface area contributed by atoms with Crippen LogP contribution < -0.4 is 5.32 Å². The van der Waals surface area contributed by atoms with Crippen molar-refractivity contribution in [1.29, 1.82) is 5.26 Å². The van der Waals surface area contributed by atoms with Crippen LogP contribution in [0, 0.1) is 16.7 Å². The van der Waals surface area contributed by atoms with Crippen molar-refractivity contribution < 1.29 is 13.5 Å². The van der Waals surface area contributed by atoms with Crippen LogP contribution in [0.3, 0.4) is 0 Å². The Morgan fingerprint density at radius 2 is 2.00 bits per heavy atom. The number of rotatable bonds is 5. The van der Waals surface area contributed by atoms with E-state index in [2.05, 4.69) is 5.32 Å². The maximum absolute atomic E-state index is 12.2. The van der Waals surface area contributed by atoms with Gasteiger partial charge in [-0.25, -0.2) is 8.42 Å². The van der Waals surface area contributed by atoms with Crippen molar-refractivity contribution >= 4 is 9.84 Å². The number of benzene rings is 1. The minimum atomic E-state index is -3.35. The average molecular weight is 308 g/mol. The van der Waals surface area contributed by atoms with Crippen molar-refractivity contribution in [2.45, 2.75) is 37.3 Å². The van der Waals surface area contributed by atoms with Gasteiger partial charge in [0.25, 0.3) is 0 Å². The van der Waals surface area contributed by atoms with Crippen LogP contribution in [-0.2, 0) is 9.84 Å². The summed E-state index contributed by atoms with van der Waals surface area (Å²) >= 11 is 0. The molecule has 0 saturated heterocycles. The van der Waals surface area contributed by atoms with Crippen LogP contribution in [0.2, 0.25) is 0 Å². The fourth-order valence-electron chi connectivity index (χ4n) is 2.47. The molecule has 2 unspecified atom stereocenters. The third kappa shape index (κ3) is 3.26. The molecule has 0 spiro atoms. The fraction of sp³-hybridized carbons (Fsp3) is 0.533. The number of hydrogen-bond acceptors (Lipinski definition) is 5. The maximum Gasteiger partial charge on any atom is 0.179 e. The van der Waals surface area contributed by atoms with Crippen molar-refractivity contribution in [2.24, 2.45) is 5.41 Å². The second-order valence-corrected chi connectivity index (χ2v) is 8.14. The molecule has 114 valence electrons. The molecule has 21 heavy (non-hydrogen) atoms. The Morgan fingerprint density at radius 3 is 2.48 bits per heavy atom. The number of sulfone groups is 1. The lowest BCUT2D eigenvalue weighted by Crippen LogP contribution is -2.60. The topological polar surface area (TPSA) is 90.2 Å². The van der Waals surface area contributed by atoms with Gasteiger partial charge in [0.2, 0.25) is 0 Å². The van der Waals surface area contributed by atoms with Gasteiger partial charge < -0.3 is 10.4 Å². The molecule has 0 aromatic heterocycles. The third-order valence-electron chi connectivity index (χ3n) is 4.32. The quantitative estimate of drug-likeness (QED) is 0.849. The minimum Gasteiger partial charge on any atom is -0.392 e. The summed E-state index contributed by atoms with van der Waals surface area (Å²) in [4.78, 5) is 0.233. The first-order chi connectivity index (χ1) is 9.77. The molecule has 6 heteroatoms. The number of hydrogen-bond donors (Lipinski definition) is 2. The van der Waals surface area contributed by atoms with E-state index in [4.69, 9.17) is 5.26 Å². The lowest BCUT2D eigenvalue weighted by molar-refractivity contribution is -0.0716. The molecular weight excluding hydrogens is 288 g/mol. The second-order valence-electron chi connectivity index (χ2n) is 6.03. The molecule has 1 aliphatic rings. The van der Waals surface area contributed by atoms with Gasteiger partial charge in [-0.2, -0.15) is 5.26 Å². The summed E-state index contributed by atoms with van der Waals surface area (Å²) < 4.78 is 24.3. The second kappa shape index (κ2) is 5.76. The van der Waals surface area contributed by atoms with Crippen LogP contribution in [0.1, 0.15) is 25.8 Å². The molecular formula is C15H20N2O3S. The van der Waals surface area contributed by atoms with E-state index in [-0.39, 0.29) is 28.2 Å². The summed E-state index contributed by atoms with van der Waals surface area (Å²) in [6, 6.07) is 8.04. The Balaban J connectivity index is 1.91. The molecule has 2 rings (SSSR count). The predicted octanol–water partition coefficient (Wildman–Crippen LogP) is 1.08. The highest BCUT2D eigenvalue weighted by atomic mass is 32.2. The van der Waals surface area contributed by atoms with Gasteiger partial charge in [-0.15, -0.1) is 0 Å². The van der Waals surface area contributed by atoms with Crippen molar-refractivity contribution in [3.63, 3.8) is 0 Å². The number of nitrogens with one attached hydrogen (secondary N) is 1. The normalized spacial score (nSPS) is 24.1. The SMILES string of the molecule is CC1(C)C(O)CC1NCCS(=O)(=O)c1ccc(C#N)cc1. The molecule has 1 aromatic rings. The predicted molar refractivity (Wildman–Crippen MR) is 79.4 cm³/mol. The summed E-state index contributed by atoms with van der Waals surface area (Å²) in [5.74, 6) is 0.00156. The molecule has 1 aliphatic carbocycles. The zero-order valence-electron chi connectivity index (χ0n) is 12.2. The number of nitriles is 1. The largest absolute Gasteiger partial charge is 0.392 e. The Labute approximate surface area is 125 Å². The van der Waals surface area contributed by atoms with Crippen molar-refractivity contribution in [2.75, 3.05) is 12.3 Å². The molecule has 0 bridgehead atoms. The highest BCUT2D eigenvalue weighted by Crippen LogP contribution is 2.40. The highest BCUT2D eigenvalue weighted by Gasteiger charge is 2.46. The van der Waals surface area contributed by atoms with Gasteiger partial charge in [-0.05, 0) is 30.7 Å². The first-order valence-corrected chi connectivity index (χ1v) is 8.57.